The minimum Gasteiger partial charge on any atom is -0.368 e. The predicted molar refractivity (Wildman–Crippen MR) is 102 cm³/mol. The van der Waals surface area contributed by atoms with Crippen molar-refractivity contribution in [2.75, 3.05) is 24.7 Å². The van der Waals surface area contributed by atoms with Crippen molar-refractivity contribution in [2.24, 2.45) is 4.99 Å². The number of fused-ring (bicyclic) bond motifs is 1. The first-order valence-corrected chi connectivity index (χ1v) is 11.6. The van der Waals surface area contributed by atoms with Crippen LogP contribution in [-0.2, 0) is 25.8 Å². The largest absolute Gasteiger partial charge is 0.368 e. The van der Waals surface area contributed by atoms with Gasteiger partial charge in [-0.05, 0) is 24.8 Å². The third kappa shape index (κ3) is 3.82. The van der Waals surface area contributed by atoms with Crippen LogP contribution < -0.4 is 0 Å². The number of ether oxygens (including phenoxy) is 1. The SMILES string of the molecule is O=C(N=C1S[C@@H]2CS(=O)(=O)C[C@H]2N1CCc1ccccc1)[C@H]1CCCO1. The van der Waals surface area contributed by atoms with E-state index in [9.17, 15) is 13.2 Å². The molecule has 8 heteroatoms. The van der Waals surface area contributed by atoms with Crippen LogP contribution in [0.5, 0.6) is 0 Å². The molecule has 0 unspecified atom stereocenters. The second-order valence-corrected chi connectivity index (χ2v) is 10.3. The molecule has 3 aliphatic rings. The van der Waals surface area contributed by atoms with Crippen molar-refractivity contribution in [1.82, 2.24) is 4.90 Å². The smallest absolute Gasteiger partial charge is 0.277 e. The van der Waals surface area contributed by atoms with Gasteiger partial charge in [-0.1, -0.05) is 42.1 Å². The summed E-state index contributed by atoms with van der Waals surface area (Å²) < 4.78 is 29.5. The molecule has 0 aliphatic carbocycles. The molecular formula is C18H22N2O4S2. The summed E-state index contributed by atoms with van der Waals surface area (Å²) in [6, 6.07) is 9.98. The van der Waals surface area contributed by atoms with Gasteiger partial charge in [0.15, 0.2) is 15.0 Å². The molecule has 0 spiro atoms. The highest BCUT2D eigenvalue weighted by atomic mass is 32.2. The number of benzene rings is 1. The number of hydrogen-bond donors (Lipinski definition) is 0. The summed E-state index contributed by atoms with van der Waals surface area (Å²) in [5.41, 5.74) is 1.19. The van der Waals surface area contributed by atoms with Crippen molar-refractivity contribution in [1.29, 1.82) is 0 Å². The van der Waals surface area contributed by atoms with Crippen LogP contribution in [0.4, 0.5) is 0 Å². The molecule has 4 rings (SSSR count). The van der Waals surface area contributed by atoms with Crippen molar-refractivity contribution in [3.8, 4) is 0 Å². The number of thioether (sulfide) groups is 1. The number of carbonyl (C=O) groups is 1. The Morgan fingerprint density at radius 1 is 1.27 bits per heavy atom. The Kier molecular flexibility index (Phi) is 5.07. The number of sulfone groups is 1. The summed E-state index contributed by atoms with van der Waals surface area (Å²) in [7, 11) is -3.02. The number of nitrogens with zero attached hydrogens (tertiary/aromatic N) is 2. The third-order valence-electron chi connectivity index (χ3n) is 5.07. The predicted octanol–water partition coefficient (Wildman–Crippen LogP) is 1.51. The van der Waals surface area contributed by atoms with E-state index in [1.165, 1.54) is 17.3 Å². The molecule has 0 bridgehead atoms. The fraction of sp³-hybridized carbons (Fsp3) is 0.556. The van der Waals surface area contributed by atoms with E-state index in [4.69, 9.17) is 4.74 Å². The molecule has 0 saturated carbocycles. The van der Waals surface area contributed by atoms with Gasteiger partial charge in [0.2, 0.25) is 0 Å². The Morgan fingerprint density at radius 2 is 2.08 bits per heavy atom. The van der Waals surface area contributed by atoms with Crippen LogP contribution in [0.2, 0.25) is 0 Å². The van der Waals surface area contributed by atoms with E-state index in [2.05, 4.69) is 17.1 Å². The van der Waals surface area contributed by atoms with E-state index in [-0.39, 0.29) is 28.7 Å². The van der Waals surface area contributed by atoms with Crippen LogP contribution in [0.3, 0.4) is 0 Å². The lowest BCUT2D eigenvalue weighted by atomic mass is 10.1. The van der Waals surface area contributed by atoms with Crippen LogP contribution in [0.1, 0.15) is 18.4 Å². The topological polar surface area (TPSA) is 76.0 Å². The van der Waals surface area contributed by atoms with Crippen molar-refractivity contribution in [2.45, 2.75) is 36.7 Å². The lowest BCUT2D eigenvalue weighted by Crippen LogP contribution is -2.39. The zero-order valence-electron chi connectivity index (χ0n) is 14.4. The number of carbonyl (C=O) groups excluding carboxylic acids is 1. The number of rotatable bonds is 4. The van der Waals surface area contributed by atoms with Gasteiger partial charge in [-0.25, -0.2) is 8.42 Å². The molecular weight excluding hydrogens is 372 g/mol. The Hall–Kier alpha value is -1.38. The molecule has 1 aromatic rings. The first-order chi connectivity index (χ1) is 12.5. The monoisotopic (exact) mass is 394 g/mol. The minimum atomic E-state index is -3.02. The average molecular weight is 395 g/mol. The van der Waals surface area contributed by atoms with Gasteiger partial charge in [-0.15, -0.1) is 0 Å². The van der Waals surface area contributed by atoms with E-state index in [0.29, 0.717) is 24.7 Å². The Bertz CT molecular complexity index is 804. The van der Waals surface area contributed by atoms with Gasteiger partial charge in [-0.3, -0.25) is 4.79 Å². The van der Waals surface area contributed by atoms with E-state index >= 15 is 0 Å². The first-order valence-electron chi connectivity index (χ1n) is 8.94. The van der Waals surface area contributed by atoms with Crippen LogP contribution in [0, 0.1) is 0 Å². The molecule has 140 valence electrons. The summed E-state index contributed by atoms with van der Waals surface area (Å²) in [5.74, 6) is 0.0710. The quantitative estimate of drug-likeness (QED) is 0.770. The summed E-state index contributed by atoms with van der Waals surface area (Å²) in [6.45, 7) is 1.26. The fourth-order valence-electron chi connectivity index (χ4n) is 3.73. The molecule has 3 saturated heterocycles. The lowest BCUT2D eigenvalue weighted by molar-refractivity contribution is -0.126. The second-order valence-electron chi connectivity index (χ2n) is 6.96. The van der Waals surface area contributed by atoms with Gasteiger partial charge in [0.05, 0.1) is 17.5 Å². The molecule has 0 N–H and O–H groups in total. The lowest BCUT2D eigenvalue weighted by Gasteiger charge is -2.24. The molecule has 3 heterocycles. The maximum atomic E-state index is 12.4. The molecule has 6 nitrogen and oxygen atoms in total. The number of amides is 1. The average Bonchev–Trinajstić information content (AvgIpc) is 3.29. The second kappa shape index (κ2) is 7.32. The highest BCUT2D eigenvalue weighted by Crippen LogP contribution is 2.38. The number of amidine groups is 1. The third-order valence-corrected chi connectivity index (χ3v) is 8.32. The molecule has 1 amide bonds. The minimum absolute atomic E-state index is 0.0354. The Morgan fingerprint density at radius 3 is 2.81 bits per heavy atom. The summed E-state index contributed by atoms with van der Waals surface area (Å²) in [5, 5.41) is 0.623. The maximum absolute atomic E-state index is 12.4. The Balaban J connectivity index is 1.53. The van der Waals surface area contributed by atoms with E-state index in [1.807, 2.05) is 23.1 Å². The molecule has 26 heavy (non-hydrogen) atoms. The van der Waals surface area contributed by atoms with Gasteiger partial charge < -0.3 is 9.64 Å². The molecule has 3 fully saturated rings. The van der Waals surface area contributed by atoms with Crippen LogP contribution in [-0.4, -0.2) is 66.4 Å². The van der Waals surface area contributed by atoms with Gasteiger partial charge >= 0.3 is 0 Å². The van der Waals surface area contributed by atoms with Gasteiger partial charge in [0.1, 0.15) is 6.10 Å². The van der Waals surface area contributed by atoms with Crippen molar-refractivity contribution in [3.63, 3.8) is 0 Å². The fourth-order valence-corrected chi connectivity index (χ4v) is 7.71. The van der Waals surface area contributed by atoms with Gasteiger partial charge in [0.25, 0.3) is 5.91 Å². The number of aliphatic imine (C=N–C) groups is 1. The van der Waals surface area contributed by atoms with Crippen molar-refractivity contribution < 1.29 is 17.9 Å². The molecule has 0 radical (unpaired) electrons. The van der Waals surface area contributed by atoms with Gasteiger partial charge in [0, 0.05) is 18.4 Å². The standard InChI is InChI=1S/C18H22N2O4S2/c21-17(15-7-4-10-24-15)19-18-20(9-8-13-5-2-1-3-6-13)14-11-26(22,23)12-16(14)25-18/h1-3,5-6,14-16H,4,7-12H2/t14-,15-,16-/m1/s1. The summed E-state index contributed by atoms with van der Waals surface area (Å²) in [6.07, 6.45) is 1.95. The van der Waals surface area contributed by atoms with Crippen LogP contribution in [0.25, 0.3) is 0 Å². The molecule has 1 aromatic carbocycles. The van der Waals surface area contributed by atoms with Crippen LogP contribution >= 0.6 is 11.8 Å². The highest BCUT2D eigenvalue weighted by molar-refractivity contribution is 8.15. The van der Waals surface area contributed by atoms with Crippen molar-refractivity contribution >= 4 is 32.7 Å². The van der Waals surface area contributed by atoms with E-state index in [1.54, 1.807) is 0 Å². The van der Waals surface area contributed by atoms with E-state index < -0.39 is 15.9 Å². The zero-order chi connectivity index (χ0) is 18.1. The summed E-state index contributed by atoms with van der Waals surface area (Å²) in [4.78, 5) is 18.8. The first kappa shape index (κ1) is 18.0. The summed E-state index contributed by atoms with van der Waals surface area (Å²) >= 11 is 1.43. The van der Waals surface area contributed by atoms with Crippen LogP contribution in [0.15, 0.2) is 35.3 Å². The number of hydrogen-bond acceptors (Lipinski definition) is 5. The highest BCUT2D eigenvalue weighted by Gasteiger charge is 2.48. The Labute approximate surface area is 157 Å². The normalized spacial score (nSPS) is 31.5. The molecule has 3 aliphatic heterocycles. The van der Waals surface area contributed by atoms with E-state index in [0.717, 1.165) is 12.8 Å². The molecule has 0 aromatic heterocycles. The van der Waals surface area contributed by atoms with Crippen molar-refractivity contribution in [3.05, 3.63) is 35.9 Å². The molecule has 3 atom stereocenters. The zero-order valence-corrected chi connectivity index (χ0v) is 16.0. The maximum Gasteiger partial charge on any atom is 0.277 e. The van der Waals surface area contributed by atoms with Gasteiger partial charge in [-0.2, -0.15) is 4.99 Å².